The molecule has 0 heterocycles. The van der Waals surface area contributed by atoms with Crippen molar-refractivity contribution in [1.29, 1.82) is 0 Å². The van der Waals surface area contributed by atoms with Crippen molar-refractivity contribution in [1.82, 2.24) is 5.32 Å². The van der Waals surface area contributed by atoms with Crippen LogP contribution in [0.5, 0.6) is 0 Å². The van der Waals surface area contributed by atoms with Crippen molar-refractivity contribution in [2.24, 2.45) is 11.8 Å². The van der Waals surface area contributed by atoms with E-state index in [1.165, 1.54) is 0 Å². The lowest BCUT2D eigenvalue weighted by atomic mass is 9.79. The number of aliphatic carboxylic acids is 1. The summed E-state index contributed by atoms with van der Waals surface area (Å²) in [6, 6.07) is 0. The normalized spacial score (nSPS) is 30.1. The average molecular weight is 283 g/mol. The van der Waals surface area contributed by atoms with Gasteiger partial charge in [-0.15, -0.1) is 0 Å². The van der Waals surface area contributed by atoms with Gasteiger partial charge in [-0.25, -0.2) is 0 Å². The SMILES string of the molecule is CC1CCC(O)(CNCC(C(=O)O)C(F)(F)F)CC1. The van der Waals surface area contributed by atoms with E-state index in [0.29, 0.717) is 18.8 Å². The minimum Gasteiger partial charge on any atom is -0.481 e. The Hall–Kier alpha value is -0.820. The Labute approximate surface area is 110 Å². The van der Waals surface area contributed by atoms with Crippen molar-refractivity contribution in [3.63, 3.8) is 0 Å². The molecule has 0 bridgehead atoms. The van der Waals surface area contributed by atoms with Gasteiger partial charge in [0.25, 0.3) is 0 Å². The molecule has 19 heavy (non-hydrogen) atoms. The van der Waals surface area contributed by atoms with Crippen LogP contribution in [0.3, 0.4) is 0 Å². The van der Waals surface area contributed by atoms with Crippen LogP contribution in [-0.2, 0) is 4.79 Å². The number of alkyl halides is 3. The fourth-order valence-electron chi connectivity index (χ4n) is 2.27. The van der Waals surface area contributed by atoms with Crippen LogP contribution in [0, 0.1) is 11.8 Å². The van der Waals surface area contributed by atoms with Crippen molar-refractivity contribution in [3.05, 3.63) is 0 Å². The van der Waals surface area contributed by atoms with E-state index in [-0.39, 0.29) is 6.54 Å². The van der Waals surface area contributed by atoms with Crippen LogP contribution in [-0.4, -0.2) is 41.0 Å². The Kier molecular flexibility index (Phi) is 5.20. The quantitative estimate of drug-likeness (QED) is 0.719. The summed E-state index contributed by atoms with van der Waals surface area (Å²) < 4.78 is 37.2. The molecule has 0 aromatic rings. The van der Waals surface area contributed by atoms with E-state index in [9.17, 15) is 23.1 Å². The van der Waals surface area contributed by atoms with Crippen molar-refractivity contribution in [2.45, 2.75) is 44.4 Å². The highest BCUT2D eigenvalue weighted by Gasteiger charge is 2.45. The smallest absolute Gasteiger partial charge is 0.403 e. The fourth-order valence-corrected chi connectivity index (χ4v) is 2.27. The van der Waals surface area contributed by atoms with Gasteiger partial charge in [0, 0.05) is 13.1 Å². The molecule has 1 fully saturated rings. The number of carboxylic acid groups (broad SMARTS) is 1. The van der Waals surface area contributed by atoms with Gasteiger partial charge in [0.15, 0.2) is 5.92 Å². The van der Waals surface area contributed by atoms with Gasteiger partial charge in [-0.05, 0) is 31.6 Å². The molecule has 0 aliphatic heterocycles. The molecule has 1 saturated carbocycles. The monoisotopic (exact) mass is 283 g/mol. The van der Waals surface area contributed by atoms with Gasteiger partial charge in [-0.1, -0.05) is 6.92 Å². The van der Waals surface area contributed by atoms with Crippen molar-refractivity contribution >= 4 is 5.97 Å². The van der Waals surface area contributed by atoms with Gasteiger partial charge in [0.05, 0.1) is 5.60 Å². The highest BCUT2D eigenvalue weighted by atomic mass is 19.4. The molecule has 0 amide bonds. The summed E-state index contributed by atoms with van der Waals surface area (Å²) in [7, 11) is 0. The van der Waals surface area contributed by atoms with E-state index >= 15 is 0 Å². The highest BCUT2D eigenvalue weighted by molar-refractivity contribution is 5.71. The first-order valence-corrected chi connectivity index (χ1v) is 6.37. The maximum absolute atomic E-state index is 12.4. The van der Waals surface area contributed by atoms with Crippen LogP contribution in [0.2, 0.25) is 0 Å². The first kappa shape index (κ1) is 16.2. The lowest BCUT2D eigenvalue weighted by Crippen LogP contribution is -2.47. The zero-order valence-electron chi connectivity index (χ0n) is 10.8. The van der Waals surface area contributed by atoms with Gasteiger partial charge in [0.1, 0.15) is 0 Å². The molecule has 0 aromatic carbocycles. The standard InChI is InChI=1S/C12H20F3NO3/c1-8-2-4-11(19,5-3-8)7-16-6-9(10(17)18)12(13,14)15/h8-9,16,19H,2-7H2,1H3,(H,17,18). The zero-order chi connectivity index (χ0) is 14.7. The summed E-state index contributed by atoms with van der Waals surface area (Å²) in [6.45, 7) is 1.35. The molecular formula is C12H20F3NO3. The highest BCUT2D eigenvalue weighted by Crippen LogP contribution is 2.31. The van der Waals surface area contributed by atoms with E-state index in [4.69, 9.17) is 5.11 Å². The van der Waals surface area contributed by atoms with Crippen molar-refractivity contribution in [3.8, 4) is 0 Å². The number of hydrogen-bond donors (Lipinski definition) is 3. The molecule has 112 valence electrons. The number of carboxylic acids is 1. The fraction of sp³-hybridized carbons (Fsp3) is 0.917. The van der Waals surface area contributed by atoms with Crippen LogP contribution in [0.1, 0.15) is 32.6 Å². The predicted molar refractivity (Wildman–Crippen MR) is 62.6 cm³/mol. The second-order valence-electron chi connectivity index (χ2n) is 5.47. The summed E-state index contributed by atoms with van der Waals surface area (Å²) in [5.74, 6) is -3.81. The molecule has 4 nitrogen and oxygen atoms in total. The summed E-state index contributed by atoms with van der Waals surface area (Å²) in [6.07, 6.45) is -2.04. The van der Waals surface area contributed by atoms with Crippen LogP contribution < -0.4 is 5.32 Å². The van der Waals surface area contributed by atoms with Crippen LogP contribution in [0.25, 0.3) is 0 Å². The molecule has 3 N–H and O–H groups in total. The molecule has 0 aromatic heterocycles. The molecule has 1 atom stereocenters. The van der Waals surface area contributed by atoms with E-state index < -0.39 is 30.2 Å². The van der Waals surface area contributed by atoms with Crippen LogP contribution in [0.4, 0.5) is 13.2 Å². The maximum atomic E-state index is 12.4. The summed E-state index contributed by atoms with van der Waals surface area (Å²) in [5.41, 5.74) is -1.01. The van der Waals surface area contributed by atoms with Gasteiger partial charge in [0.2, 0.25) is 0 Å². The van der Waals surface area contributed by atoms with Crippen LogP contribution >= 0.6 is 0 Å². The third kappa shape index (κ3) is 4.99. The minimum absolute atomic E-state index is 0.000417. The van der Waals surface area contributed by atoms with E-state index in [1.807, 2.05) is 0 Å². The second-order valence-corrected chi connectivity index (χ2v) is 5.47. The number of halogens is 3. The maximum Gasteiger partial charge on any atom is 0.403 e. The molecule has 1 unspecified atom stereocenters. The molecule has 0 spiro atoms. The van der Waals surface area contributed by atoms with Gasteiger partial charge in [-0.2, -0.15) is 13.2 Å². The van der Waals surface area contributed by atoms with Crippen molar-refractivity contribution < 1.29 is 28.2 Å². The first-order chi connectivity index (χ1) is 8.64. The zero-order valence-corrected chi connectivity index (χ0v) is 10.8. The Balaban J connectivity index is 2.42. The topological polar surface area (TPSA) is 69.6 Å². The third-order valence-corrected chi connectivity index (χ3v) is 3.70. The molecular weight excluding hydrogens is 263 g/mol. The third-order valence-electron chi connectivity index (χ3n) is 3.70. The van der Waals surface area contributed by atoms with E-state index in [1.54, 1.807) is 0 Å². The number of rotatable bonds is 5. The second kappa shape index (κ2) is 6.09. The largest absolute Gasteiger partial charge is 0.481 e. The lowest BCUT2D eigenvalue weighted by Gasteiger charge is -2.35. The number of carbonyl (C=O) groups is 1. The van der Waals surface area contributed by atoms with Gasteiger partial charge >= 0.3 is 12.1 Å². The Morgan fingerprint density at radius 1 is 1.42 bits per heavy atom. The number of nitrogens with one attached hydrogen (secondary N) is 1. The van der Waals surface area contributed by atoms with Gasteiger partial charge < -0.3 is 15.5 Å². The first-order valence-electron chi connectivity index (χ1n) is 6.37. The average Bonchev–Trinajstić information content (AvgIpc) is 2.27. The summed E-state index contributed by atoms with van der Waals surface area (Å²) in [4.78, 5) is 10.5. The van der Waals surface area contributed by atoms with Crippen molar-refractivity contribution in [2.75, 3.05) is 13.1 Å². The Morgan fingerprint density at radius 3 is 2.37 bits per heavy atom. The summed E-state index contributed by atoms with van der Waals surface area (Å²) in [5, 5.41) is 21.1. The molecule has 0 saturated heterocycles. The molecule has 7 heteroatoms. The van der Waals surface area contributed by atoms with E-state index in [0.717, 1.165) is 12.8 Å². The molecule has 1 rings (SSSR count). The number of aliphatic hydroxyl groups is 1. The lowest BCUT2D eigenvalue weighted by molar-refractivity contribution is -0.192. The predicted octanol–water partition coefficient (Wildman–Crippen LogP) is 1.78. The Morgan fingerprint density at radius 2 is 1.95 bits per heavy atom. The van der Waals surface area contributed by atoms with Gasteiger partial charge in [-0.3, -0.25) is 4.79 Å². The minimum atomic E-state index is -4.78. The Bertz CT molecular complexity index is 312. The molecule has 0 radical (unpaired) electrons. The number of hydrogen-bond acceptors (Lipinski definition) is 3. The van der Waals surface area contributed by atoms with Crippen LogP contribution in [0.15, 0.2) is 0 Å². The van der Waals surface area contributed by atoms with E-state index in [2.05, 4.69) is 12.2 Å². The summed E-state index contributed by atoms with van der Waals surface area (Å²) >= 11 is 0. The molecule has 1 aliphatic rings. The molecule has 1 aliphatic carbocycles.